The summed E-state index contributed by atoms with van der Waals surface area (Å²) in [6, 6.07) is 2.95. The van der Waals surface area contributed by atoms with Crippen molar-refractivity contribution in [3.05, 3.63) is 23.5 Å². The summed E-state index contributed by atoms with van der Waals surface area (Å²) in [5, 5.41) is 18.0. The molecule has 0 aliphatic rings. The van der Waals surface area contributed by atoms with E-state index in [9.17, 15) is 14.7 Å². The molecule has 1 aromatic heterocycles. The van der Waals surface area contributed by atoms with Gasteiger partial charge in [-0.3, -0.25) is 14.6 Å². The first kappa shape index (κ1) is 11.3. The quantitative estimate of drug-likeness (QED) is 0.525. The monoisotopic (exact) mass is 209 g/mol. The van der Waals surface area contributed by atoms with Crippen molar-refractivity contribution in [2.75, 3.05) is 0 Å². The number of pyridine rings is 1. The van der Waals surface area contributed by atoms with Gasteiger partial charge in [-0.2, -0.15) is 0 Å². The van der Waals surface area contributed by atoms with E-state index >= 15 is 0 Å². The van der Waals surface area contributed by atoms with Crippen LogP contribution >= 0.6 is 0 Å². The summed E-state index contributed by atoms with van der Waals surface area (Å²) in [5.41, 5.74) is 0.734. The number of nitrogens with zero attached hydrogens (tertiary/aromatic N) is 1. The maximum absolute atomic E-state index is 10.7. The molecule has 0 aliphatic heterocycles. The van der Waals surface area contributed by atoms with E-state index in [-0.39, 0.29) is 30.8 Å². The molecule has 2 N–H and O–H groups in total. The van der Waals surface area contributed by atoms with Gasteiger partial charge in [-0.15, -0.1) is 0 Å². The Bertz CT molecular complexity index is 376. The normalized spacial score (nSPS) is 9.93. The molecule has 1 heterocycles. The van der Waals surface area contributed by atoms with E-state index in [0.29, 0.717) is 12.1 Å². The second kappa shape index (κ2) is 5.21. The van der Waals surface area contributed by atoms with Crippen LogP contribution in [0.2, 0.25) is 0 Å². The Kier molecular flexibility index (Phi) is 3.93. The van der Waals surface area contributed by atoms with Gasteiger partial charge in [-0.1, -0.05) is 0 Å². The molecule has 5 nitrogen and oxygen atoms in total. The highest BCUT2D eigenvalue weighted by molar-refractivity contribution is 6.24. The molecule has 0 saturated heterocycles. The number of Topliss-reactive ketones (excluding diaryl/α,β-unsaturated/α-hetero) is 1. The van der Waals surface area contributed by atoms with E-state index in [0.717, 1.165) is 0 Å². The first-order chi connectivity index (χ1) is 7.17. The van der Waals surface area contributed by atoms with Crippen molar-refractivity contribution in [3.8, 4) is 5.75 Å². The minimum absolute atomic E-state index is 0.0806. The van der Waals surface area contributed by atoms with Crippen LogP contribution in [-0.4, -0.2) is 27.3 Å². The van der Waals surface area contributed by atoms with Gasteiger partial charge in [0.15, 0.2) is 12.1 Å². The summed E-state index contributed by atoms with van der Waals surface area (Å²) in [6.07, 6.45) is 0.685. The Morgan fingerprint density at radius 2 is 2.20 bits per heavy atom. The Balaban J connectivity index is 2.70. The van der Waals surface area contributed by atoms with Crippen molar-refractivity contribution >= 4 is 12.1 Å². The zero-order valence-electron chi connectivity index (χ0n) is 8.01. The number of aliphatic hydroxyl groups is 1. The highest BCUT2D eigenvalue weighted by Gasteiger charge is 2.05. The Hall–Kier alpha value is -1.75. The van der Waals surface area contributed by atoms with Gasteiger partial charge in [0.2, 0.25) is 0 Å². The van der Waals surface area contributed by atoms with E-state index in [1.54, 1.807) is 6.07 Å². The molecule has 5 heteroatoms. The zero-order chi connectivity index (χ0) is 11.3. The number of hydrogen-bond donors (Lipinski definition) is 2. The number of aromatic nitrogens is 1. The molecule has 0 aromatic carbocycles. The van der Waals surface area contributed by atoms with Crippen LogP contribution in [0.15, 0.2) is 12.1 Å². The van der Waals surface area contributed by atoms with Gasteiger partial charge in [0.05, 0.1) is 6.61 Å². The van der Waals surface area contributed by atoms with Gasteiger partial charge in [-0.05, 0) is 18.6 Å². The number of aryl methyl sites for hydroxylation is 1. The van der Waals surface area contributed by atoms with Crippen molar-refractivity contribution in [2.24, 2.45) is 0 Å². The first-order valence-electron chi connectivity index (χ1n) is 4.44. The van der Waals surface area contributed by atoms with Crippen LogP contribution in [0.3, 0.4) is 0 Å². The minimum Gasteiger partial charge on any atom is -0.506 e. The van der Waals surface area contributed by atoms with Gasteiger partial charge < -0.3 is 10.2 Å². The SMILES string of the molecule is O=CC(=O)CCc1ccc(O)c(CO)n1. The molecular weight excluding hydrogens is 198 g/mol. The van der Waals surface area contributed by atoms with Gasteiger partial charge >= 0.3 is 0 Å². The summed E-state index contributed by atoms with van der Waals surface area (Å²) in [6.45, 7) is -0.360. The first-order valence-corrected chi connectivity index (χ1v) is 4.44. The molecule has 0 saturated carbocycles. The number of aromatic hydroxyl groups is 1. The van der Waals surface area contributed by atoms with Crippen molar-refractivity contribution < 1.29 is 19.8 Å². The van der Waals surface area contributed by atoms with Crippen LogP contribution in [0.5, 0.6) is 5.75 Å². The topological polar surface area (TPSA) is 87.5 Å². The van der Waals surface area contributed by atoms with Crippen LogP contribution < -0.4 is 0 Å². The second-order valence-electron chi connectivity index (χ2n) is 3.01. The number of hydrogen-bond acceptors (Lipinski definition) is 5. The maximum Gasteiger partial charge on any atom is 0.195 e. The highest BCUT2D eigenvalue weighted by atomic mass is 16.3. The minimum atomic E-state index is -0.490. The van der Waals surface area contributed by atoms with Crippen molar-refractivity contribution in [2.45, 2.75) is 19.4 Å². The van der Waals surface area contributed by atoms with E-state index in [1.807, 2.05) is 0 Å². The number of aliphatic hydroxyl groups excluding tert-OH is 1. The summed E-state index contributed by atoms with van der Waals surface area (Å²) in [7, 11) is 0. The fourth-order valence-corrected chi connectivity index (χ4v) is 1.10. The smallest absolute Gasteiger partial charge is 0.195 e. The third-order valence-electron chi connectivity index (χ3n) is 1.92. The zero-order valence-corrected chi connectivity index (χ0v) is 8.01. The molecule has 0 atom stereocenters. The van der Waals surface area contributed by atoms with E-state index in [1.165, 1.54) is 6.07 Å². The van der Waals surface area contributed by atoms with Crippen LogP contribution in [0.4, 0.5) is 0 Å². The lowest BCUT2D eigenvalue weighted by Gasteiger charge is -2.03. The Morgan fingerprint density at radius 1 is 1.47 bits per heavy atom. The van der Waals surface area contributed by atoms with E-state index in [4.69, 9.17) is 5.11 Å². The van der Waals surface area contributed by atoms with E-state index in [2.05, 4.69) is 4.98 Å². The number of ketones is 1. The molecule has 0 bridgehead atoms. The highest BCUT2D eigenvalue weighted by Crippen LogP contribution is 2.15. The molecule has 1 aromatic rings. The van der Waals surface area contributed by atoms with Gasteiger partial charge in [0, 0.05) is 12.1 Å². The van der Waals surface area contributed by atoms with Crippen LogP contribution in [0.25, 0.3) is 0 Å². The predicted octanol–water partition coefficient (Wildman–Crippen LogP) is -0.0199. The third-order valence-corrected chi connectivity index (χ3v) is 1.92. The standard InChI is InChI=1S/C10H11NO4/c12-5-8(14)3-1-7-2-4-10(15)9(6-13)11-7/h2,4-5,13,15H,1,3,6H2. The molecule has 80 valence electrons. The fourth-order valence-electron chi connectivity index (χ4n) is 1.10. The molecule has 0 fully saturated rings. The third kappa shape index (κ3) is 3.14. The molecule has 1 rings (SSSR count). The largest absolute Gasteiger partial charge is 0.506 e. The molecule has 0 aliphatic carbocycles. The molecule has 15 heavy (non-hydrogen) atoms. The lowest BCUT2D eigenvalue weighted by molar-refractivity contribution is -0.129. The molecule has 0 spiro atoms. The number of carbonyl (C=O) groups is 2. The van der Waals surface area contributed by atoms with Gasteiger partial charge in [0.1, 0.15) is 11.4 Å². The summed E-state index contributed by atoms with van der Waals surface area (Å²) >= 11 is 0. The predicted molar refractivity (Wildman–Crippen MR) is 51.2 cm³/mol. The van der Waals surface area contributed by atoms with Crippen molar-refractivity contribution in [1.82, 2.24) is 4.98 Å². The van der Waals surface area contributed by atoms with Gasteiger partial charge in [-0.25, -0.2) is 0 Å². The summed E-state index contributed by atoms with van der Waals surface area (Å²) in [5.74, 6) is -0.571. The summed E-state index contributed by atoms with van der Waals surface area (Å²) < 4.78 is 0. The molecule has 0 amide bonds. The second-order valence-corrected chi connectivity index (χ2v) is 3.01. The lowest BCUT2D eigenvalue weighted by Crippen LogP contribution is -2.03. The maximum atomic E-state index is 10.7. The van der Waals surface area contributed by atoms with Crippen molar-refractivity contribution in [1.29, 1.82) is 0 Å². The average molecular weight is 209 g/mol. The molecular formula is C10H11NO4. The van der Waals surface area contributed by atoms with Crippen LogP contribution in [0, 0.1) is 0 Å². The van der Waals surface area contributed by atoms with Crippen LogP contribution in [0.1, 0.15) is 17.8 Å². The number of aldehydes is 1. The molecule has 0 radical (unpaired) electrons. The average Bonchev–Trinajstić information content (AvgIpc) is 2.27. The lowest BCUT2D eigenvalue weighted by atomic mass is 10.1. The Labute approximate surface area is 86.4 Å². The van der Waals surface area contributed by atoms with Crippen LogP contribution in [-0.2, 0) is 22.6 Å². The number of rotatable bonds is 5. The fraction of sp³-hybridized carbons (Fsp3) is 0.300. The van der Waals surface area contributed by atoms with Crippen molar-refractivity contribution in [3.63, 3.8) is 0 Å². The van der Waals surface area contributed by atoms with Gasteiger partial charge in [0.25, 0.3) is 0 Å². The number of carbonyl (C=O) groups excluding carboxylic acids is 2. The summed E-state index contributed by atoms with van der Waals surface area (Å²) in [4.78, 5) is 24.7. The molecule has 0 unspecified atom stereocenters. The Morgan fingerprint density at radius 3 is 2.80 bits per heavy atom. The van der Waals surface area contributed by atoms with E-state index < -0.39 is 5.78 Å².